The van der Waals surface area contributed by atoms with Crippen LogP contribution in [0.1, 0.15) is 41.0 Å². The summed E-state index contributed by atoms with van der Waals surface area (Å²) < 4.78 is 9.34. The molecule has 0 aromatic carbocycles. The summed E-state index contributed by atoms with van der Waals surface area (Å²) in [6, 6.07) is 0.259. The molecule has 0 spiro atoms. The van der Waals surface area contributed by atoms with Crippen molar-refractivity contribution in [3.05, 3.63) is 10.6 Å². The van der Waals surface area contributed by atoms with E-state index in [1.54, 1.807) is 11.8 Å². The van der Waals surface area contributed by atoms with E-state index in [2.05, 4.69) is 14.9 Å². The lowest BCUT2D eigenvalue weighted by Crippen LogP contribution is -2.52. The Hall–Kier alpha value is -1.54. The molecule has 120 valence electrons. The van der Waals surface area contributed by atoms with E-state index in [0.29, 0.717) is 23.7 Å². The van der Waals surface area contributed by atoms with E-state index in [4.69, 9.17) is 4.74 Å². The Morgan fingerprint density at radius 2 is 2.14 bits per heavy atom. The first-order chi connectivity index (χ1) is 10.6. The number of amides is 2. The molecule has 0 bridgehead atoms. The van der Waals surface area contributed by atoms with Gasteiger partial charge < -0.3 is 15.0 Å². The zero-order valence-electron chi connectivity index (χ0n) is 12.6. The number of hydrogen-bond acceptors (Lipinski definition) is 6. The van der Waals surface area contributed by atoms with E-state index in [1.165, 1.54) is 12.8 Å². The quantitative estimate of drug-likeness (QED) is 0.887. The average Bonchev–Trinajstić information content (AvgIpc) is 3.18. The lowest BCUT2D eigenvalue weighted by Gasteiger charge is -2.32. The van der Waals surface area contributed by atoms with Gasteiger partial charge in [0.15, 0.2) is 6.10 Å². The van der Waals surface area contributed by atoms with Crippen molar-refractivity contribution in [2.24, 2.45) is 0 Å². The van der Waals surface area contributed by atoms with Gasteiger partial charge in [-0.15, -0.1) is 5.10 Å². The van der Waals surface area contributed by atoms with Crippen LogP contribution in [0, 0.1) is 6.92 Å². The first-order valence-electron chi connectivity index (χ1n) is 7.65. The topological polar surface area (TPSA) is 84.4 Å². The van der Waals surface area contributed by atoms with Crippen LogP contribution in [0.15, 0.2) is 0 Å². The van der Waals surface area contributed by atoms with Crippen molar-refractivity contribution in [2.75, 3.05) is 19.7 Å². The fourth-order valence-electron chi connectivity index (χ4n) is 2.93. The minimum atomic E-state index is -0.584. The van der Waals surface area contributed by atoms with Crippen LogP contribution < -0.4 is 5.32 Å². The van der Waals surface area contributed by atoms with E-state index < -0.39 is 6.10 Å². The molecule has 1 saturated carbocycles. The summed E-state index contributed by atoms with van der Waals surface area (Å²) in [5.74, 6) is -0.224. The summed E-state index contributed by atoms with van der Waals surface area (Å²) in [4.78, 5) is 26.9. The van der Waals surface area contributed by atoms with Crippen LogP contribution in [0.25, 0.3) is 0 Å². The maximum absolute atomic E-state index is 12.5. The predicted molar refractivity (Wildman–Crippen MR) is 80.7 cm³/mol. The van der Waals surface area contributed by atoms with Crippen LogP contribution >= 0.6 is 11.5 Å². The largest absolute Gasteiger partial charge is 0.365 e. The first kappa shape index (κ1) is 15.4. The van der Waals surface area contributed by atoms with Crippen molar-refractivity contribution < 1.29 is 14.3 Å². The molecule has 1 unspecified atom stereocenters. The van der Waals surface area contributed by atoms with E-state index in [0.717, 1.165) is 24.4 Å². The molecule has 1 aromatic heterocycles. The SMILES string of the molecule is Cc1nnsc1C(=O)N1CCOC(C(=O)NC2CCCC2)C1. The molecule has 1 aliphatic heterocycles. The molecule has 3 rings (SSSR count). The Morgan fingerprint density at radius 1 is 1.36 bits per heavy atom. The highest BCUT2D eigenvalue weighted by molar-refractivity contribution is 7.07. The van der Waals surface area contributed by atoms with E-state index >= 15 is 0 Å². The van der Waals surface area contributed by atoms with Crippen LogP contribution in [-0.4, -0.2) is 58.1 Å². The van der Waals surface area contributed by atoms with Crippen molar-refractivity contribution in [1.29, 1.82) is 0 Å². The number of aromatic nitrogens is 2. The van der Waals surface area contributed by atoms with Gasteiger partial charge in [-0.25, -0.2) is 0 Å². The van der Waals surface area contributed by atoms with E-state index in [1.807, 2.05) is 0 Å². The Kier molecular flexibility index (Phi) is 4.68. The molecule has 22 heavy (non-hydrogen) atoms. The number of hydrogen-bond donors (Lipinski definition) is 1. The molecule has 1 aliphatic carbocycles. The van der Waals surface area contributed by atoms with Crippen LogP contribution in [0.5, 0.6) is 0 Å². The molecule has 2 aliphatic rings. The van der Waals surface area contributed by atoms with Crippen LogP contribution in [0.3, 0.4) is 0 Å². The second-order valence-corrected chi connectivity index (χ2v) is 6.54. The van der Waals surface area contributed by atoms with E-state index in [9.17, 15) is 9.59 Å². The molecule has 0 radical (unpaired) electrons. The van der Waals surface area contributed by atoms with Crippen molar-refractivity contribution in [3.8, 4) is 0 Å². The Morgan fingerprint density at radius 3 is 2.82 bits per heavy atom. The maximum Gasteiger partial charge on any atom is 0.267 e. The zero-order valence-corrected chi connectivity index (χ0v) is 13.4. The van der Waals surface area contributed by atoms with Gasteiger partial charge in [-0.2, -0.15) is 0 Å². The second-order valence-electron chi connectivity index (χ2n) is 5.79. The van der Waals surface area contributed by atoms with Crippen LogP contribution in [0.2, 0.25) is 0 Å². The van der Waals surface area contributed by atoms with Gasteiger partial charge in [0.25, 0.3) is 11.8 Å². The Bertz CT molecular complexity index is 556. The van der Waals surface area contributed by atoms with Crippen molar-refractivity contribution in [1.82, 2.24) is 19.8 Å². The van der Waals surface area contributed by atoms with Gasteiger partial charge in [0.2, 0.25) is 0 Å². The van der Waals surface area contributed by atoms with Gasteiger partial charge in [-0.3, -0.25) is 9.59 Å². The highest BCUT2D eigenvalue weighted by Gasteiger charge is 2.32. The summed E-state index contributed by atoms with van der Waals surface area (Å²) in [5, 5.41) is 6.90. The molecule has 2 amide bonds. The number of morpholine rings is 1. The molecule has 2 fully saturated rings. The molecular formula is C14H20N4O3S. The third kappa shape index (κ3) is 3.27. The predicted octanol–water partition coefficient (Wildman–Crippen LogP) is 0.746. The molecule has 8 heteroatoms. The zero-order chi connectivity index (χ0) is 15.5. The number of nitrogens with one attached hydrogen (secondary N) is 1. The van der Waals surface area contributed by atoms with Crippen LogP contribution in [-0.2, 0) is 9.53 Å². The number of carbonyl (C=O) groups excluding carboxylic acids is 2. The highest BCUT2D eigenvalue weighted by Crippen LogP contribution is 2.19. The fourth-order valence-corrected chi connectivity index (χ4v) is 3.55. The summed E-state index contributed by atoms with van der Waals surface area (Å²) in [7, 11) is 0. The van der Waals surface area contributed by atoms with Gasteiger partial charge in [-0.1, -0.05) is 17.3 Å². The third-order valence-electron chi connectivity index (χ3n) is 4.19. The lowest BCUT2D eigenvalue weighted by molar-refractivity contribution is -0.137. The molecular weight excluding hydrogens is 304 g/mol. The summed E-state index contributed by atoms with van der Waals surface area (Å²) in [6.45, 7) is 2.92. The molecule has 7 nitrogen and oxygen atoms in total. The number of carbonyl (C=O) groups is 2. The smallest absolute Gasteiger partial charge is 0.267 e. The highest BCUT2D eigenvalue weighted by atomic mass is 32.1. The Balaban J connectivity index is 1.60. The number of aryl methyl sites for hydroxylation is 1. The number of nitrogens with zero attached hydrogens (tertiary/aromatic N) is 3. The monoisotopic (exact) mass is 324 g/mol. The minimum Gasteiger partial charge on any atom is -0.365 e. The van der Waals surface area contributed by atoms with E-state index in [-0.39, 0.29) is 24.4 Å². The molecule has 1 N–H and O–H groups in total. The standard InChI is InChI=1S/C14H20N4O3S/c1-9-12(22-17-16-9)14(20)18-6-7-21-11(8-18)13(19)15-10-4-2-3-5-10/h10-11H,2-8H2,1H3,(H,15,19). The van der Waals surface area contributed by atoms with Gasteiger partial charge in [0.1, 0.15) is 4.88 Å². The average molecular weight is 324 g/mol. The van der Waals surface area contributed by atoms with Gasteiger partial charge in [0.05, 0.1) is 18.8 Å². The van der Waals surface area contributed by atoms with Crippen LogP contribution in [0.4, 0.5) is 0 Å². The number of ether oxygens (including phenoxy) is 1. The van der Waals surface area contributed by atoms with Gasteiger partial charge in [-0.05, 0) is 31.3 Å². The molecule has 1 saturated heterocycles. The normalized spacial score (nSPS) is 22.8. The molecule has 1 atom stereocenters. The van der Waals surface area contributed by atoms with Gasteiger partial charge in [0, 0.05) is 12.6 Å². The molecule has 2 heterocycles. The summed E-state index contributed by atoms with van der Waals surface area (Å²) in [5.41, 5.74) is 0.633. The third-order valence-corrected chi connectivity index (χ3v) is 5.01. The molecule has 1 aromatic rings. The fraction of sp³-hybridized carbons (Fsp3) is 0.714. The van der Waals surface area contributed by atoms with Gasteiger partial charge >= 0.3 is 0 Å². The van der Waals surface area contributed by atoms with Crippen molar-refractivity contribution in [3.63, 3.8) is 0 Å². The van der Waals surface area contributed by atoms with Crippen molar-refractivity contribution in [2.45, 2.75) is 44.8 Å². The number of rotatable bonds is 3. The summed E-state index contributed by atoms with van der Waals surface area (Å²) >= 11 is 1.09. The summed E-state index contributed by atoms with van der Waals surface area (Å²) in [6.07, 6.45) is 3.82. The maximum atomic E-state index is 12.5. The first-order valence-corrected chi connectivity index (χ1v) is 8.42. The lowest BCUT2D eigenvalue weighted by atomic mass is 10.2. The minimum absolute atomic E-state index is 0.108. The second kappa shape index (κ2) is 6.70. The van der Waals surface area contributed by atoms with Crippen molar-refractivity contribution >= 4 is 23.3 Å². The Labute approximate surface area is 133 Å².